The van der Waals surface area contributed by atoms with E-state index < -0.39 is 0 Å². The topological polar surface area (TPSA) is 62.2 Å². The summed E-state index contributed by atoms with van der Waals surface area (Å²) >= 11 is 1.71. The van der Waals surface area contributed by atoms with Crippen LogP contribution in [0.2, 0.25) is 0 Å². The van der Waals surface area contributed by atoms with E-state index in [-0.39, 0.29) is 12.1 Å². The molecule has 0 bridgehead atoms. The molecule has 0 saturated heterocycles. The van der Waals surface area contributed by atoms with Crippen LogP contribution in [-0.2, 0) is 13.5 Å². The Bertz CT molecular complexity index is 579. The van der Waals surface area contributed by atoms with Crippen LogP contribution in [0.25, 0.3) is 0 Å². The molecule has 0 aliphatic rings. The third kappa shape index (κ3) is 4.85. The first-order chi connectivity index (χ1) is 10.6. The van der Waals surface area contributed by atoms with E-state index in [2.05, 4.69) is 32.1 Å². The first-order valence-electron chi connectivity index (χ1n) is 7.25. The summed E-state index contributed by atoms with van der Waals surface area (Å²) < 4.78 is 1.76. The molecule has 0 fully saturated rings. The smallest absolute Gasteiger partial charge is 0.314 e. The van der Waals surface area contributed by atoms with Crippen LogP contribution in [0.4, 0.5) is 4.79 Å². The maximum Gasteiger partial charge on any atom is 0.314 e. The Balaban J connectivity index is 1.72. The molecule has 2 aromatic rings. The molecule has 0 unspecified atom stereocenters. The molecule has 2 N–H and O–H groups in total. The van der Waals surface area contributed by atoms with Crippen molar-refractivity contribution in [1.82, 2.24) is 25.3 Å². The summed E-state index contributed by atoms with van der Waals surface area (Å²) in [5, 5.41) is 12.0. The number of nitrogens with zero attached hydrogens (tertiary/aromatic N) is 3. The summed E-state index contributed by atoms with van der Waals surface area (Å²) in [7, 11) is 5.92. The fourth-order valence-electron chi connectivity index (χ4n) is 2.19. The number of aryl methyl sites for hydroxylation is 1. The molecule has 0 saturated carbocycles. The molecule has 2 aromatic heterocycles. The van der Waals surface area contributed by atoms with Gasteiger partial charge in [0.05, 0.1) is 12.2 Å². The standard InChI is InChI=1S/C15H23N5OS/c1-19(2)13(14-5-4-8-22-14)10-17-15(21)16-7-6-12-9-18-20(3)11-12/h4-5,8-9,11,13H,6-7,10H2,1-3H3,(H2,16,17,21)/t13-/m0/s1. The lowest BCUT2D eigenvalue weighted by molar-refractivity contribution is 0.233. The Morgan fingerprint density at radius 2 is 2.27 bits per heavy atom. The molecule has 2 amide bonds. The number of hydrogen-bond acceptors (Lipinski definition) is 4. The Morgan fingerprint density at radius 1 is 1.45 bits per heavy atom. The van der Waals surface area contributed by atoms with Crippen LogP contribution in [0, 0.1) is 0 Å². The average molecular weight is 321 g/mol. The molecule has 2 rings (SSSR count). The van der Waals surface area contributed by atoms with Gasteiger partial charge in [-0.3, -0.25) is 4.68 Å². The summed E-state index contributed by atoms with van der Waals surface area (Å²) in [5.74, 6) is 0. The molecule has 1 atom stereocenters. The molecule has 0 aliphatic heterocycles. The summed E-state index contributed by atoms with van der Waals surface area (Å²) in [6.07, 6.45) is 4.56. The second-order valence-electron chi connectivity index (χ2n) is 5.40. The van der Waals surface area contributed by atoms with Gasteiger partial charge < -0.3 is 15.5 Å². The number of nitrogens with one attached hydrogen (secondary N) is 2. The highest BCUT2D eigenvalue weighted by atomic mass is 32.1. The van der Waals surface area contributed by atoms with Gasteiger partial charge in [0.1, 0.15) is 0 Å². The van der Waals surface area contributed by atoms with E-state index in [1.165, 1.54) is 4.88 Å². The van der Waals surface area contributed by atoms with Gasteiger partial charge in [0, 0.05) is 31.2 Å². The van der Waals surface area contributed by atoms with Gasteiger partial charge in [0.15, 0.2) is 0 Å². The first kappa shape index (κ1) is 16.5. The monoisotopic (exact) mass is 321 g/mol. The molecule has 0 aromatic carbocycles. The van der Waals surface area contributed by atoms with Crippen molar-refractivity contribution >= 4 is 17.4 Å². The van der Waals surface area contributed by atoms with E-state index in [4.69, 9.17) is 0 Å². The quantitative estimate of drug-likeness (QED) is 0.815. The number of urea groups is 1. The number of hydrogen-bond donors (Lipinski definition) is 2. The van der Waals surface area contributed by atoms with Gasteiger partial charge in [-0.1, -0.05) is 6.07 Å². The largest absolute Gasteiger partial charge is 0.338 e. The molecule has 22 heavy (non-hydrogen) atoms. The second-order valence-corrected chi connectivity index (χ2v) is 6.38. The number of carbonyl (C=O) groups excluding carboxylic acids is 1. The summed E-state index contributed by atoms with van der Waals surface area (Å²) in [6, 6.07) is 4.19. The van der Waals surface area contributed by atoms with Crippen molar-refractivity contribution in [2.24, 2.45) is 7.05 Å². The van der Waals surface area contributed by atoms with Crippen molar-refractivity contribution in [3.63, 3.8) is 0 Å². The molecule has 0 radical (unpaired) electrons. The van der Waals surface area contributed by atoms with Gasteiger partial charge >= 0.3 is 6.03 Å². The Labute approximate surface area is 135 Å². The van der Waals surface area contributed by atoms with Gasteiger partial charge in [-0.15, -0.1) is 11.3 Å². The predicted octanol–water partition coefficient (Wildman–Crippen LogP) is 1.63. The lowest BCUT2D eigenvalue weighted by Crippen LogP contribution is -2.41. The normalized spacial score (nSPS) is 12.4. The number of carbonyl (C=O) groups is 1. The molecular weight excluding hydrogens is 298 g/mol. The van der Waals surface area contributed by atoms with Crippen LogP contribution in [0.5, 0.6) is 0 Å². The van der Waals surface area contributed by atoms with Crippen molar-refractivity contribution < 1.29 is 4.79 Å². The summed E-state index contributed by atoms with van der Waals surface area (Å²) in [6.45, 7) is 1.19. The van der Waals surface area contributed by atoms with E-state index in [0.29, 0.717) is 13.1 Å². The highest BCUT2D eigenvalue weighted by molar-refractivity contribution is 7.10. The van der Waals surface area contributed by atoms with Gasteiger partial charge in [0.2, 0.25) is 0 Å². The van der Waals surface area contributed by atoms with Crippen LogP contribution in [-0.4, -0.2) is 47.9 Å². The maximum absolute atomic E-state index is 11.9. The van der Waals surface area contributed by atoms with Crippen LogP contribution in [0.1, 0.15) is 16.5 Å². The van der Waals surface area contributed by atoms with E-state index in [1.807, 2.05) is 39.6 Å². The Hall–Kier alpha value is -1.86. The van der Waals surface area contributed by atoms with Crippen LogP contribution >= 0.6 is 11.3 Å². The van der Waals surface area contributed by atoms with E-state index in [1.54, 1.807) is 16.0 Å². The van der Waals surface area contributed by atoms with Crippen molar-refractivity contribution in [2.45, 2.75) is 12.5 Å². The zero-order valence-corrected chi connectivity index (χ0v) is 14.1. The second kappa shape index (κ2) is 7.95. The molecule has 0 spiro atoms. The number of thiophene rings is 1. The molecule has 6 nitrogen and oxygen atoms in total. The Kier molecular flexibility index (Phi) is 5.97. The minimum Gasteiger partial charge on any atom is -0.338 e. The SMILES string of the molecule is CN(C)[C@@H](CNC(=O)NCCc1cnn(C)c1)c1cccs1. The average Bonchev–Trinajstić information content (AvgIpc) is 3.11. The van der Waals surface area contributed by atoms with Crippen molar-refractivity contribution in [2.75, 3.05) is 27.2 Å². The number of amides is 2. The third-order valence-electron chi connectivity index (χ3n) is 3.41. The molecule has 0 aliphatic carbocycles. The van der Waals surface area contributed by atoms with Gasteiger partial charge in [-0.25, -0.2) is 4.79 Å². The zero-order valence-electron chi connectivity index (χ0n) is 13.2. The maximum atomic E-state index is 11.9. The molecule has 2 heterocycles. The van der Waals surface area contributed by atoms with Crippen molar-refractivity contribution in [3.8, 4) is 0 Å². The minimum atomic E-state index is -0.132. The lowest BCUT2D eigenvalue weighted by atomic mass is 10.2. The lowest BCUT2D eigenvalue weighted by Gasteiger charge is -2.23. The summed E-state index contributed by atoms with van der Waals surface area (Å²) in [4.78, 5) is 15.2. The zero-order chi connectivity index (χ0) is 15.9. The van der Waals surface area contributed by atoms with Crippen LogP contribution in [0.3, 0.4) is 0 Å². The first-order valence-corrected chi connectivity index (χ1v) is 8.13. The summed E-state index contributed by atoms with van der Waals surface area (Å²) in [5.41, 5.74) is 1.12. The van der Waals surface area contributed by atoms with Gasteiger partial charge in [-0.2, -0.15) is 5.10 Å². The fourth-order valence-corrected chi connectivity index (χ4v) is 3.11. The van der Waals surface area contributed by atoms with Crippen LogP contribution in [0.15, 0.2) is 29.9 Å². The fraction of sp³-hybridized carbons (Fsp3) is 0.467. The molecule has 7 heteroatoms. The highest BCUT2D eigenvalue weighted by Crippen LogP contribution is 2.22. The van der Waals surface area contributed by atoms with E-state index >= 15 is 0 Å². The minimum absolute atomic E-state index is 0.132. The Morgan fingerprint density at radius 3 is 2.86 bits per heavy atom. The highest BCUT2D eigenvalue weighted by Gasteiger charge is 2.15. The molecular formula is C15H23N5OS. The number of likely N-dealkylation sites (N-methyl/N-ethyl adjacent to an activating group) is 1. The van der Waals surface area contributed by atoms with E-state index in [9.17, 15) is 4.79 Å². The predicted molar refractivity (Wildman–Crippen MR) is 89.1 cm³/mol. The molecule has 120 valence electrons. The number of rotatable bonds is 7. The van der Waals surface area contributed by atoms with Crippen LogP contribution < -0.4 is 10.6 Å². The third-order valence-corrected chi connectivity index (χ3v) is 4.38. The van der Waals surface area contributed by atoms with Gasteiger partial charge in [0.25, 0.3) is 0 Å². The van der Waals surface area contributed by atoms with Crippen molar-refractivity contribution in [3.05, 3.63) is 40.3 Å². The number of aromatic nitrogens is 2. The van der Waals surface area contributed by atoms with E-state index in [0.717, 1.165) is 12.0 Å². The van der Waals surface area contributed by atoms with Crippen molar-refractivity contribution in [1.29, 1.82) is 0 Å². The van der Waals surface area contributed by atoms with Gasteiger partial charge in [-0.05, 0) is 37.5 Å².